The lowest BCUT2D eigenvalue weighted by Crippen LogP contribution is -2.66. The van der Waals surface area contributed by atoms with Gasteiger partial charge in [0, 0.05) is 24.8 Å². The summed E-state index contributed by atoms with van der Waals surface area (Å²) in [5.74, 6) is -3.10. The molecule has 3 aliphatic rings. The zero-order valence-corrected chi connectivity index (χ0v) is 17.0. The molecule has 3 heterocycles. The van der Waals surface area contributed by atoms with E-state index in [2.05, 4.69) is 25.7 Å². The zero-order chi connectivity index (χ0) is 20.5. The summed E-state index contributed by atoms with van der Waals surface area (Å²) in [4.78, 5) is 24.0. The summed E-state index contributed by atoms with van der Waals surface area (Å²) in [6.45, 7) is 9.14. The fraction of sp³-hybridized carbons (Fsp3) is 0.636. The number of aliphatic hydroxyl groups is 1. The molecule has 3 aliphatic heterocycles. The molecule has 0 amide bonds. The van der Waals surface area contributed by atoms with Gasteiger partial charge >= 0.3 is 11.9 Å². The molecule has 6 nitrogen and oxygen atoms in total. The Morgan fingerprint density at radius 3 is 2.75 bits per heavy atom. The Labute approximate surface area is 166 Å². The van der Waals surface area contributed by atoms with Gasteiger partial charge in [-0.2, -0.15) is 0 Å². The van der Waals surface area contributed by atoms with Crippen LogP contribution in [0.5, 0.6) is 0 Å². The predicted molar refractivity (Wildman–Crippen MR) is 103 cm³/mol. The molecule has 0 radical (unpaired) electrons. The number of carbonyl (C=O) groups excluding carboxylic acids is 2. The van der Waals surface area contributed by atoms with Crippen molar-refractivity contribution in [2.45, 2.75) is 76.8 Å². The van der Waals surface area contributed by atoms with Crippen LogP contribution in [0.15, 0.2) is 35.5 Å². The Morgan fingerprint density at radius 2 is 2.04 bits per heavy atom. The number of hydrogen-bond acceptors (Lipinski definition) is 6. The van der Waals surface area contributed by atoms with E-state index in [1.165, 1.54) is 12.5 Å². The Morgan fingerprint density at radius 1 is 1.32 bits per heavy atom. The van der Waals surface area contributed by atoms with Gasteiger partial charge in [0.2, 0.25) is 0 Å². The molecule has 4 atom stereocenters. The van der Waals surface area contributed by atoms with E-state index in [1.54, 1.807) is 0 Å². The van der Waals surface area contributed by atoms with Crippen LogP contribution in [0.3, 0.4) is 0 Å². The van der Waals surface area contributed by atoms with E-state index in [0.717, 1.165) is 18.4 Å². The Hall–Kier alpha value is -1.92. The van der Waals surface area contributed by atoms with Crippen LogP contribution in [0.2, 0.25) is 0 Å². The van der Waals surface area contributed by atoms with Crippen molar-refractivity contribution in [1.29, 1.82) is 0 Å². The topological polar surface area (TPSA) is 82.1 Å². The highest BCUT2D eigenvalue weighted by Crippen LogP contribution is 2.50. The van der Waals surface area contributed by atoms with Crippen LogP contribution in [0.25, 0.3) is 0 Å². The van der Waals surface area contributed by atoms with E-state index in [9.17, 15) is 14.7 Å². The highest BCUT2D eigenvalue weighted by Gasteiger charge is 2.61. The molecule has 0 aliphatic carbocycles. The van der Waals surface area contributed by atoms with Gasteiger partial charge in [0.15, 0.2) is 5.79 Å². The standard InChI is InChI=1S/C22H30O6/c1-14-7-5-8-15(2)12-22(25)18-11-19(27-20(24)16(18)3)21(28-22,10-6-9-14)13-26-17(4)23/h8-9,18-19,25H,3,5-7,10-13H2,1-2,4H3/b14-9-,15-8-/t18-,19+,21-,22+/m1/s1. The lowest BCUT2D eigenvalue weighted by molar-refractivity contribution is -0.351. The molecular weight excluding hydrogens is 360 g/mol. The molecule has 0 aromatic heterocycles. The molecule has 0 spiro atoms. The quantitative estimate of drug-likeness (QED) is 0.442. The largest absolute Gasteiger partial charge is 0.463 e. The van der Waals surface area contributed by atoms with Crippen LogP contribution < -0.4 is 0 Å². The minimum absolute atomic E-state index is 0.0720. The zero-order valence-electron chi connectivity index (χ0n) is 17.0. The highest BCUT2D eigenvalue weighted by atomic mass is 16.7. The van der Waals surface area contributed by atoms with E-state index < -0.39 is 35.3 Å². The highest BCUT2D eigenvalue weighted by molar-refractivity contribution is 5.89. The minimum Gasteiger partial charge on any atom is -0.463 e. The van der Waals surface area contributed by atoms with Crippen LogP contribution in [-0.4, -0.2) is 41.1 Å². The van der Waals surface area contributed by atoms with E-state index in [0.29, 0.717) is 19.3 Å². The fourth-order valence-electron chi connectivity index (χ4n) is 4.49. The Kier molecular flexibility index (Phi) is 5.82. The van der Waals surface area contributed by atoms with Crippen LogP contribution in [0.4, 0.5) is 0 Å². The molecule has 0 unspecified atom stereocenters. The maximum atomic E-state index is 12.4. The molecule has 0 saturated carbocycles. The van der Waals surface area contributed by atoms with Gasteiger partial charge in [0.25, 0.3) is 0 Å². The first-order chi connectivity index (χ1) is 13.2. The first-order valence-corrected chi connectivity index (χ1v) is 9.92. The number of fused-ring (bicyclic) bond motifs is 6. The molecule has 2 fully saturated rings. The summed E-state index contributed by atoms with van der Waals surface area (Å²) in [6.07, 6.45) is 7.28. The normalized spacial score (nSPS) is 40.0. The summed E-state index contributed by atoms with van der Waals surface area (Å²) in [6, 6.07) is 0. The molecule has 28 heavy (non-hydrogen) atoms. The molecule has 2 saturated heterocycles. The van der Waals surface area contributed by atoms with Crippen molar-refractivity contribution in [2.75, 3.05) is 6.61 Å². The van der Waals surface area contributed by atoms with Gasteiger partial charge in [0.1, 0.15) is 18.3 Å². The number of rotatable bonds is 2. The predicted octanol–water partition coefficient (Wildman–Crippen LogP) is 3.35. The second-order valence-corrected chi connectivity index (χ2v) is 8.35. The van der Waals surface area contributed by atoms with E-state index in [4.69, 9.17) is 14.2 Å². The lowest BCUT2D eigenvalue weighted by atomic mass is 9.72. The third-order valence-corrected chi connectivity index (χ3v) is 6.04. The Balaban J connectivity index is 2.04. The van der Waals surface area contributed by atoms with Gasteiger partial charge in [-0.3, -0.25) is 4.79 Å². The maximum Gasteiger partial charge on any atom is 0.334 e. The van der Waals surface area contributed by atoms with Crippen LogP contribution >= 0.6 is 0 Å². The van der Waals surface area contributed by atoms with Crippen molar-refractivity contribution in [3.8, 4) is 0 Å². The van der Waals surface area contributed by atoms with Gasteiger partial charge in [-0.15, -0.1) is 0 Å². The Bertz CT molecular complexity index is 735. The second kappa shape index (κ2) is 7.84. The summed E-state index contributed by atoms with van der Waals surface area (Å²) in [5.41, 5.74) is 1.40. The molecule has 4 bridgehead atoms. The third-order valence-electron chi connectivity index (χ3n) is 6.04. The first kappa shape index (κ1) is 20.8. The monoisotopic (exact) mass is 390 g/mol. The number of hydrogen-bond donors (Lipinski definition) is 1. The van der Waals surface area contributed by atoms with Crippen LogP contribution in [0, 0.1) is 5.92 Å². The first-order valence-electron chi connectivity index (χ1n) is 9.92. The molecule has 1 N–H and O–H groups in total. The summed E-state index contributed by atoms with van der Waals surface area (Å²) in [5, 5.41) is 11.6. The molecule has 0 aromatic rings. The lowest BCUT2D eigenvalue weighted by Gasteiger charge is -2.55. The molecule has 0 aromatic carbocycles. The molecular formula is C22H30O6. The van der Waals surface area contributed by atoms with Crippen molar-refractivity contribution >= 4 is 11.9 Å². The number of ether oxygens (including phenoxy) is 3. The van der Waals surface area contributed by atoms with Gasteiger partial charge in [-0.25, -0.2) is 4.79 Å². The molecule has 154 valence electrons. The smallest absolute Gasteiger partial charge is 0.334 e. The summed E-state index contributed by atoms with van der Waals surface area (Å²) >= 11 is 0. The van der Waals surface area contributed by atoms with Crippen LogP contribution in [0.1, 0.15) is 59.3 Å². The average molecular weight is 390 g/mol. The number of allylic oxidation sites excluding steroid dienone is 3. The average Bonchev–Trinajstić information content (AvgIpc) is 2.60. The van der Waals surface area contributed by atoms with Gasteiger partial charge in [-0.05, 0) is 46.0 Å². The number of carbonyl (C=O) groups is 2. The van der Waals surface area contributed by atoms with Crippen molar-refractivity contribution < 1.29 is 28.9 Å². The SMILES string of the molecule is C=C1C(=O)O[C@H]2C[C@H]1[C@]1(O)C/C(C)=C\CC/C(C)=C\CC[C@]2(COC(C)=O)O1. The van der Waals surface area contributed by atoms with Gasteiger partial charge in [0.05, 0.1) is 0 Å². The second-order valence-electron chi connectivity index (χ2n) is 8.35. The third kappa shape index (κ3) is 4.08. The van der Waals surface area contributed by atoms with Crippen molar-refractivity contribution in [1.82, 2.24) is 0 Å². The van der Waals surface area contributed by atoms with Crippen molar-refractivity contribution in [3.05, 3.63) is 35.5 Å². The van der Waals surface area contributed by atoms with E-state index in [1.807, 2.05) is 6.92 Å². The summed E-state index contributed by atoms with van der Waals surface area (Å²) in [7, 11) is 0. The van der Waals surface area contributed by atoms with Gasteiger partial charge in [-0.1, -0.05) is 29.9 Å². The summed E-state index contributed by atoms with van der Waals surface area (Å²) < 4.78 is 17.3. The maximum absolute atomic E-state index is 12.4. The van der Waals surface area contributed by atoms with Crippen molar-refractivity contribution in [2.24, 2.45) is 5.92 Å². The molecule has 3 rings (SSSR count). The minimum atomic E-state index is -1.59. The van der Waals surface area contributed by atoms with E-state index >= 15 is 0 Å². The molecule has 6 heteroatoms. The van der Waals surface area contributed by atoms with E-state index in [-0.39, 0.29) is 18.6 Å². The fourth-order valence-corrected chi connectivity index (χ4v) is 4.49. The number of esters is 2. The van der Waals surface area contributed by atoms with Crippen LogP contribution in [-0.2, 0) is 23.8 Å². The van der Waals surface area contributed by atoms with Crippen molar-refractivity contribution in [3.63, 3.8) is 0 Å². The van der Waals surface area contributed by atoms with Gasteiger partial charge < -0.3 is 19.3 Å².